The van der Waals surface area contributed by atoms with Crippen molar-refractivity contribution in [1.29, 1.82) is 0 Å². The third-order valence-corrected chi connectivity index (χ3v) is 5.01. The van der Waals surface area contributed by atoms with E-state index in [4.69, 9.17) is 11.6 Å². The summed E-state index contributed by atoms with van der Waals surface area (Å²) in [6, 6.07) is 12.6. The minimum Gasteiger partial charge on any atom is -0.480 e. The normalized spacial score (nSPS) is 11.4. The number of carboxylic acids is 1. The van der Waals surface area contributed by atoms with Gasteiger partial charge in [0.15, 0.2) is 0 Å². The molecular weight excluding hydrogens is 366 g/mol. The van der Waals surface area contributed by atoms with E-state index in [2.05, 4.69) is 5.10 Å². The highest BCUT2D eigenvalue weighted by atomic mass is 35.5. The topological polar surface area (TPSA) is 77.1 Å². The summed E-state index contributed by atoms with van der Waals surface area (Å²) in [6.07, 6.45) is 0. The van der Waals surface area contributed by atoms with Gasteiger partial charge in [-0.3, -0.25) is 9.59 Å². The summed E-state index contributed by atoms with van der Waals surface area (Å²) in [6.45, 7) is 1.68. The van der Waals surface area contributed by atoms with Crippen LogP contribution in [0.5, 0.6) is 0 Å². The van der Waals surface area contributed by atoms with Gasteiger partial charge in [-0.1, -0.05) is 29.8 Å². The highest BCUT2D eigenvalue weighted by Crippen LogP contribution is 2.37. The standard InChI is InChI=1S/C20H16ClN3O3/c1-11-18(15-9-12(21)7-8-16(15)24(11)10-17(25)26)19-13-5-3-4-6-14(13)20(27)23(2)22-19/h3-9H,10H2,1-2H3,(H,25,26). The van der Waals surface area contributed by atoms with Crippen molar-refractivity contribution in [2.75, 3.05) is 0 Å². The van der Waals surface area contributed by atoms with Gasteiger partial charge in [-0.15, -0.1) is 0 Å². The minimum absolute atomic E-state index is 0.173. The molecule has 0 radical (unpaired) electrons. The predicted octanol–water partition coefficient (Wildman–Crippen LogP) is 3.60. The fourth-order valence-electron chi connectivity index (χ4n) is 3.58. The molecule has 0 spiro atoms. The molecule has 2 aromatic carbocycles. The van der Waals surface area contributed by atoms with Gasteiger partial charge in [-0.2, -0.15) is 5.10 Å². The number of carboxylic acid groups (broad SMARTS) is 1. The van der Waals surface area contributed by atoms with Crippen LogP contribution in [0.3, 0.4) is 0 Å². The second-order valence-corrected chi connectivity index (χ2v) is 6.86. The maximum atomic E-state index is 12.5. The average molecular weight is 382 g/mol. The predicted molar refractivity (Wildman–Crippen MR) is 105 cm³/mol. The molecule has 0 fully saturated rings. The second-order valence-electron chi connectivity index (χ2n) is 6.42. The van der Waals surface area contributed by atoms with Crippen LogP contribution in [-0.4, -0.2) is 25.4 Å². The van der Waals surface area contributed by atoms with Gasteiger partial charge in [-0.25, -0.2) is 4.68 Å². The Morgan fingerprint density at radius 3 is 2.56 bits per heavy atom. The molecule has 7 heteroatoms. The Balaban J connectivity index is 2.18. The minimum atomic E-state index is -0.935. The monoisotopic (exact) mass is 381 g/mol. The van der Waals surface area contributed by atoms with Gasteiger partial charge in [0.1, 0.15) is 12.2 Å². The van der Waals surface area contributed by atoms with E-state index < -0.39 is 5.97 Å². The first-order valence-corrected chi connectivity index (χ1v) is 8.73. The molecule has 0 bridgehead atoms. The average Bonchev–Trinajstić information content (AvgIpc) is 2.89. The van der Waals surface area contributed by atoms with Crippen LogP contribution in [0.2, 0.25) is 5.02 Å². The van der Waals surface area contributed by atoms with Gasteiger partial charge in [0.2, 0.25) is 0 Å². The third-order valence-electron chi connectivity index (χ3n) is 4.77. The molecule has 4 aromatic rings. The fraction of sp³-hybridized carbons (Fsp3) is 0.150. The maximum absolute atomic E-state index is 12.5. The van der Waals surface area contributed by atoms with E-state index >= 15 is 0 Å². The first-order chi connectivity index (χ1) is 12.9. The summed E-state index contributed by atoms with van der Waals surface area (Å²) < 4.78 is 3.03. The van der Waals surface area contributed by atoms with Crippen molar-refractivity contribution in [3.05, 3.63) is 63.5 Å². The molecule has 1 N–H and O–H groups in total. The molecule has 0 saturated heterocycles. The lowest BCUT2D eigenvalue weighted by Gasteiger charge is -2.09. The number of halogens is 1. The van der Waals surface area contributed by atoms with Crippen molar-refractivity contribution >= 4 is 39.2 Å². The van der Waals surface area contributed by atoms with Crippen molar-refractivity contribution in [1.82, 2.24) is 14.3 Å². The van der Waals surface area contributed by atoms with E-state index in [9.17, 15) is 14.7 Å². The number of aliphatic carboxylic acids is 1. The summed E-state index contributed by atoms with van der Waals surface area (Å²) in [5.41, 5.74) is 2.74. The van der Waals surface area contributed by atoms with Crippen LogP contribution in [-0.2, 0) is 18.4 Å². The van der Waals surface area contributed by atoms with Crippen LogP contribution < -0.4 is 5.56 Å². The van der Waals surface area contributed by atoms with Gasteiger partial charge < -0.3 is 9.67 Å². The Morgan fingerprint density at radius 2 is 1.85 bits per heavy atom. The zero-order valence-electron chi connectivity index (χ0n) is 14.7. The number of hydrogen-bond acceptors (Lipinski definition) is 3. The van der Waals surface area contributed by atoms with Crippen molar-refractivity contribution < 1.29 is 9.90 Å². The van der Waals surface area contributed by atoms with E-state index in [-0.39, 0.29) is 12.1 Å². The maximum Gasteiger partial charge on any atom is 0.323 e. The molecule has 0 saturated carbocycles. The van der Waals surface area contributed by atoms with Crippen molar-refractivity contribution in [2.45, 2.75) is 13.5 Å². The van der Waals surface area contributed by atoms with E-state index in [1.165, 1.54) is 4.68 Å². The first-order valence-electron chi connectivity index (χ1n) is 8.35. The van der Waals surface area contributed by atoms with Crippen LogP contribution in [0.4, 0.5) is 0 Å². The number of carbonyl (C=O) groups is 1. The van der Waals surface area contributed by atoms with Crippen molar-refractivity contribution in [2.24, 2.45) is 7.05 Å². The van der Waals surface area contributed by atoms with Crippen LogP contribution in [0.15, 0.2) is 47.3 Å². The Hall–Kier alpha value is -3.12. The molecular formula is C20H16ClN3O3. The van der Waals surface area contributed by atoms with Crippen LogP contribution in [0.1, 0.15) is 5.69 Å². The van der Waals surface area contributed by atoms with E-state index in [1.54, 1.807) is 35.9 Å². The van der Waals surface area contributed by atoms with Gasteiger partial charge in [0.25, 0.3) is 5.56 Å². The zero-order valence-corrected chi connectivity index (χ0v) is 15.5. The molecule has 2 heterocycles. The summed E-state index contributed by atoms with van der Waals surface area (Å²) in [5, 5.41) is 16.5. The summed E-state index contributed by atoms with van der Waals surface area (Å²) >= 11 is 6.22. The molecule has 0 unspecified atom stereocenters. The van der Waals surface area contributed by atoms with E-state index in [1.807, 2.05) is 25.1 Å². The fourth-order valence-corrected chi connectivity index (χ4v) is 3.75. The SMILES string of the molecule is Cc1c(-c2nn(C)c(=O)c3ccccc23)c2cc(Cl)ccc2n1CC(=O)O. The largest absolute Gasteiger partial charge is 0.480 e. The van der Waals surface area contributed by atoms with E-state index in [0.29, 0.717) is 16.1 Å². The molecule has 0 aliphatic carbocycles. The number of hydrogen-bond donors (Lipinski definition) is 1. The second kappa shape index (κ2) is 6.25. The van der Waals surface area contributed by atoms with Gasteiger partial charge in [0.05, 0.1) is 5.39 Å². The molecule has 27 heavy (non-hydrogen) atoms. The number of aromatic nitrogens is 3. The molecule has 4 rings (SSSR count). The number of fused-ring (bicyclic) bond motifs is 2. The highest BCUT2D eigenvalue weighted by Gasteiger charge is 2.21. The summed E-state index contributed by atoms with van der Waals surface area (Å²) in [5.74, 6) is -0.935. The zero-order chi connectivity index (χ0) is 19.3. The van der Waals surface area contributed by atoms with Crippen LogP contribution >= 0.6 is 11.6 Å². The third kappa shape index (κ3) is 2.69. The number of rotatable bonds is 3. The van der Waals surface area contributed by atoms with Gasteiger partial charge >= 0.3 is 5.97 Å². The van der Waals surface area contributed by atoms with Crippen LogP contribution in [0, 0.1) is 6.92 Å². The Morgan fingerprint density at radius 1 is 1.15 bits per heavy atom. The lowest BCUT2D eigenvalue weighted by molar-refractivity contribution is -0.137. The summed E-state index contributed by atoms with van der Waals surface area (Å²) in [4.78, 5) is 23.8. The first kappa shape index (κ1) is 17.3. The van der Waals surface area contributed by atoms with Crippen LogP contribution in [0.25, 0.3) is 32.9 Å². The Labute approximate surface area is 159 Å². The molecule has 0 atom stereocenters. The Bertz CT molecular complexity index is 1290. The highest BCUT2D eigenvalue weighted by molar-refractivity contribution is 6.31. The smallest absolute Gasteiger partial charge is 0.323 e. The Kier molecular flexibility index (Phi) is 4.00. The van der Waals surface area contributed by atoms with Gasteiger partial charge in [0, 0.05) is 39.6 Å². The molecule has 0 aliphatic heterocycles. The lowest BCUT2D eigenvalue weighted by atomic mass is 10.0. The van der Waals surface area contributed by atoms with Gasteiger partial charge in [-0.05, 0) is 31.2 Å². The molecule has 136 valence electrons. The molecule has 0 amide bonds. The molecule has 0 aliphatic rings. The van der Waals surface area contributed by atoms with Crippen molar-refractivity contribution in [3.63, 3.8) is 0 Å². The lowest BCUT2D eigenvalue weighted by Crippen LogP contribution is -2.20. The van der Waals surface area contributed by atoms with E-state index in [0.717, 1.165) is 27.5 Å². The molecule has 2 aromatic heterocycles. The quantitative estimate of drug-likeness (QED) is 0.588. The van der Waals surface area contributed by atoms with Crippen molar-refractivity contribution in [3.8, 4) is 11.3 Å². The number of benzene rings is 2. The summed E-state index contributed by atoms with van der Waals surface area (Å²) in [7, 11) is 1.61. The molecule has 6 nitrogen and oxygen atoms in total. The number of nitrogens with zero attached hydrogens (tertiary/aromatic N) is 3. The number of aryl methyl sites for hydroxylation is 1.